The van der Waals surface area contributed by atoms with Crippen LogP contribution in [0, 0.1) is 5.92 Å². The summed E-state index contributed by atoms with van der Waals surface area (Å²) in [7, 11) is 3.33. The summed E-state index contributed by atoms with van der Waals surface area (Å²) in [4.78, 5) is 6.74. The predicted molar refractivity (Wildman–Crippen MR) is 67.0 cm³/mol. The molecule has 3 nitrogen and oxygen atoms in total. The lowest BCUT2D eigenvalue weighted by atomic mass is 10.2. The first kappa shape index (κ1) is 14.1. The molecule has 0 saturated carbocycles. The molecule has 0 aliphatic heterocycles. The van der Waals surface area contributed by atoms with Gasteiger partial charge in [0.25, 0.3) is 0 Å². The summed E-state index contributed by atoms with van der Waals surface area (Å²) in [6.45, 7) is 6.82. The molecule has 0 heterocycles. The van der Waals surface area contributed by atoms with E-state index in [2.05, 4.69) is 43.2 Å². The fraction of sp³-hybridized carbons (Fsp3) is 1.00. The van der Waals surface area contributed by atoms with Crippen molar-refractivity contribution in [2.24, 2.45) is 5.92 Å². The Hall–Kier alpha value is 0.0969. The SMILES string of the molecule is CN[SiH](CCCCNCC(C)C)NC. The minimum absolute atomic E-state index is 0.770. The molecule has 0 aliphatic rings. The van der Waals surface area contributed by atoms with E-state index in [1.165, 1.54) is 25.4 Å². The van der Waals surface area contributed by atoms with E-state index < -0.39 is 9.12 Å². The molecule has 0 rings (SSSR count). The topological polar surface area (TPSA) is 36.1 Å². The normalized spacial score (nSPS) is 11.6. The molecule has 0 aromatic rings. The summed E-state index contributed by atoms with van der Waals surface area (Å²) in [5.41, 5.74) is 0. The Morgan fingerprint density at radius 1 is 1.07 bits per heavy atom. The average Bonchev–Trinajstić information content (AvgIpc) is 2.16. The average molecular weight is 217 g/mol. The van der Waals surface area contributed by atoms with Gasteiger partial charge in [0.1, 0.15) is 0 Å². The molecule has 0 spiro atoms. The molecular weight excluding hydrogens is 190 g/mol. The second-order valence-electron chi connectivity index (χ2n) is 4.22. The van der Waals surface area contributed by atoms with Crippen molar-refractivity contribution >= 4 is 9.12 Å². The van der Waals surface area contributed by atoms with E-state index >= 15 is 0 Å². The third kappa shape index (κ3) is 8.68. The quantitative estimate of drug-likeness (QED) is 0.392. The maximum absolute atomic E-state index is 3.47. The smallest absolute Gasteiger partial charge is 0.184 e. The van der Waals surface area contributed by atoms with Gasteiger partial charge in [-0.25, -0.2) is 0 Å². The number of rotatable bonds is 9. The Kier molecular flexibility index (Phi) is 9.71. The van der Waals surface area contributed by atoms with E-state index in [-0.39, 0.29) is 0 Å². The van der Waals surface area contributed by atoms with Gasteiger partial charge in [-0.15, -0.1) is 0 Å². The van der Waals surface area contributed by atoms with Crippen molar-refractivity contribution in [3.05, 3.63) is 0 Å². The minimum atomic E-state index is -0.791. The summed E-state index contributed by atoms with van der Waals surface area (Å²) in [6.07, 6.45) is 2.64. The molecule has 0 amide bonds. The second-order valence-corrected chi connectivity index (χ2v) is 7.06. The highest BCUT2D eigenvalue weighted by molar-refractivity contribution is 6.52. The fourth-order valence-electron chi connectivity index (χ4n) is 1.42. The fourth-order valence-corrected chi connectivity index (χ4v) is 2.99. The van der Waals surface area contributed by atoms with E-state index in [0.29, 0.717) is 0 Å². The largest absolute Gasteiger partial charge is 0.331 e. The number of unbranched alkanes of at least 4 members (excludes halogenated alkanes) is 1. The molecule has 0 aromatic carbocycles. The van der Waals surface area contributed by atoms with Crippen molar-refractivity contribution in [1.82, 2.24) is 15.3 Å². The molecule has 4 heteroatoms. The molecule has 0 fully saturated rings. The lowest BCUT2D eigenvalue weighted by Gasteiger charge is -2.12. The van der Waals surface area contributed by atoms with Crippen LogP contribution in [0.15, 0.2) is 0 Å². The molecule has 0 saturated heterocycles. The van der Waals surface area contributed by atoms with Crippen LogP contribution in [0.3, 0.4) is 0 Å². The van der Waals surface area contributed by atoms with E-state index in [9.17, 15) is 0 Å². The van der Waals surface area contributed by atoms with Gasteiger partial charge < -0.3 is 15.3 Å². The van der Waals surface area contributed by atoms with E-state index in [4.69, 9.17) is 0 Å². The number of hydrogen-bond acceptors (Lipinski definition) is 3. The summed E-state index contributed by atoms with van der Waals surface area (Å²) in [5, 5.41) is 3.47. The lowest BCUT2D eigenvalue weighted by Crippen LogP contribution is -2.43. The highest BCUT2D eigenvalue weighted by atomic mass is 28.3. The van der Waals surface area contributed by atoms with Crippen LogP contribution in [0.5, 0.6) is 0 Å². The second kappa shape index (κ2) is 9.64. The maximum Gasteiger partial charge on any atom is 0.184 e. The zero-order valence-corrected chi connectivity index (χ0v) is 11.3. The van der Waals surface area contributed by atoms with Crippen molar-refractivity contribution in [2.75, 3.05) is 27.2 Å². The molecule has 0 unspecified atom stereocenters. The summed E-state index contributed by atoms with van der Waals surface area (Å²) in [5.74, 6) is 0.770. The van der Waals surface area contributed by atoms with Crippen LogP contribution in [0.1, 0.15) is 26.7 Å². The molecule has 86 valence electrons. The van der Waals surface area contributed by atoms with Crippen LogP contribution in [0.2, 0.25) is 6.04 Å². The van der Waals surface area contributed by atoms with Crippen LogP contribution < -0.4 is 15.3 Å². The summed E-state index contributed by atoms with van der Waals surface area (Å²) < 4.78 is 0. The number of hydrogen-bond donors (Lipinski definition) is 3. The van der Waals surface area contributed by atoms with Gasteiger partial charge in [-0.05, 0) is 45.6 Å². The van der Waals surface area contributed by atoms with Gasteiger partial charge in [0.2, 0.25) is 0 Å². The highest BCUT2D eigenvalue weighted by Crippen LogP contribution is 1.96. The Morgan fingerprint density at radius 3 is 2.21 bits per heavy atom. The van der Waals surface area contributed by atoms with Gasteiger partial charge in [-0.3, -0.25) is 0 Å². The lowest BCUT2D eigenvalue weighted by molar-refractivity contribution is 0.540. The van der Waals surface area contributed by atoms with Crippen molar-refractivity contribution in [1.29, 1.82) is 0 Å². The van der Waals surface area contributed by atoms with Crippen molar-refractivity contribution in [3.63, 3.8) is 0 Å². The van der Waals surface area contributed by atoms with Gasteiger partial charge in [-0.2, -0.15) is 0 Å². The van der Waals surface area contributed by atoms with Crippen LogP contribution in [-0.4, -0.2) is 36.3 Å². The maximum atomic E-state index is 3.47. The van der Waals surface area contributed by atoms with Gasteiger partial charge >= 0.3 is 0 Å². The molecule has 0 atom stereocenters. The summed E-state index contributed by atoms with van der Waals surface area (Å²) in [6, 6.07) is 1.34. The molecule has 0 bridgehead atoms. The standard InChI is InChI=1S/C10H27N3Si/c1-10(2)9-13-7-5-6-8-14(11-3)12-4/h10-14H,5-9H2,1-4H3. The zero-order chi connectivity index (χ0) is 10.8. The Bertz CT molecular complexity index is 116. The Balaban J connectivity index is 3.12. The summed E-state index contributed by atoms with van der Waals surface area (Å²) >= 11 is 0. The Morgan fingerprint density at radius 2 is 1.71 bits per heavy atom. The van der Waals surface area contributed by atoms with Gasteiger partial charge in [-0.1, -0.05) is 20.3 Å². The van der Waals surface area contributed by atoms with Crippen LogP contribution in [0.25, 0.3) is 0 Å². The predicted octanol–water partition coefficient (Wildman–Crippen LogP) is 0.672. The first-order valence-corrected chi connectivity index (χ1v) is 7.73. The first-order chi connectivity index (χ1) is 6.70. The first-order valence-electron chi connectivity index (χ1n) is 5.76. The van der Waals surface area contributed by atoms with Crippen LogP contribution in [-0.2, 0) is 0 Å². The highest BCUT2D eigenvalue weighted by Gasteiger charge is 2.03. The molecule has 14 heavy (non-hydrogen) atoms. The van der Waals surface area contributed by atoms with Crippen molar-refractivity contribution in [2.45, 2.75) is 32.7 Å². The third-order valence-corrected chi connectivity index (χ3v) is 4.73. The number of nitrogens with one attached hydrogen (secondary N) is 3. The minimum Gasteiger partial charge on any atom is -0.331 e. The van der Waals surface area contributed by atoms with Gasteiger partial charge in [0.05, 0.1) is 0 Å². The molecule has 0 radical (unpaired) electrons. The van der Waals surface area contributed by atoms with E-state index in [1.807, 2.05) is 0 Å². The zero-order valence-electron chi connectivity index (χ0n) is 10.2. The van der Waals surface area contributed by atoms with Gasteiger partial charge in [0.15, 0.2) is 9.12 Å². The Labute approximate surface area is 90.8 Å². The van der Waals surface area contributed by atoms with Crippen molar-refractivity contribution < 1.29 is 0 Å². The molecular formula is C10H27N3Si. The van der Waals surface area contributed by atoms with Gasteiger partial charge in [0, 0.05) is 0 Å². The molecule has 0 aromatic heterocycles. The molecule has 0 aliphatic carbocycles. The van der Waals surface area contributed by atoms with E-state index in [1.54, 1.807) is 0 Å². The van der Waals surface area contributed by atoms with Crippen LogP contribution in [0.4, 0.5) is 0 Å². The third-order valence-electron chi connectivity index (χ3n) is 2.35. The monoisotopic (exact) mass is 217 g/mol. The van der Waals surface area contributed by atoms with Crippen molar-refractivity contribution in [3.8, 4) is 0 Å². The molecule has 3 N–H and O–H groups in total. The van der Waals surface area contributed by atoms with E-state index in [0.717, 1.165) is 12.5 Å². The van der Waals surface area contributed by atoms with Crippen LogP contribution >= 0.6 is 0 Å².